The Morgan fingerprint density at radius 3 is 2.38 bits per heavy atom. The van der Waals surface area contributed by atoms with E-state index in [1.54, 1.807) is 6.20 Å². The molecule has 0 unspecified atom stereocenters. The van der Waals surface area contributed by atoms with Crippen molar-refractivity contribution in [1.82, 2.24) is 4.98 Å². The summed E-state index contributed by atoms with van der Waals surface area (Å²) in [5.74, 6) is 0. The summed E-state index contributed by atoms with van der Waals surface area (Å²) >= 11 is 0. The summed E-state index contributed by atoms with van der Waals surface area (Å²) < 4.78 is 0. The molecule has 3 heteroatoms. The van der Waals surface area contributed by atoms with Crippen LogP contribution in [0.15, 0.2) is 12.3 Å². The lowest BCUT2D eigenvalue weighted by atomic mass is 10.2. The maximum atomic E-state index is 9.33. The average Bonchev–Trinajstić information content (AvgIpc) is 2.29. The standard InChI is InChI=1S/C13H22N2O/c1-4-6-15(7-5-2)13-8-11(3)14-9-12(13)10-16/h8-9,16H,4-7,10H2,1-3H3. The van der Waals surface area contributed by atoms with E-state index in [-0.39, 0.29) is 6.61 Å². The van der Waals surface area contributed by atoms with Gasteiger partial charge in [0.25, 0.3) is 0 Å². The van der Waals surface area contributed by atoms with E-state index in [1.807, 2.05) is 6.92 Å². The van der Waals surface area contributed by atoms with Gasteiger partial charge in [-0.15, -0.1) is 0 Å². The van der Waals surface area contributed by atoms with E-state index in [1.165, 1.54) is 0 Å². The maximum Gasteiger partial charge on any atom is 0.0717 e. The highest BCUT2D eigenvalue weighted by molar-refractivity contribution is 5.53. The first-order chi connectivity index (χ1) is 7.72. The normalized spacial score (nSPS) is 10.5. The molecule has 3 nitrogen and oxygen atoms in total. The van der Waals surface area contributed by atoms with Crippen molar-refractivity contribution in [2.75, 3.05) is 18.0 Å². The number of pyridine rings is 1. The van der Waals surface area contributed by atoms with Gasteiger partial charge in [-0.3, -0.25) is 4.98 Å². The third kappa shape index (κ3) is 3.20. The number of hydrogen-bond donors (Lipinski definition) is 1. The van der Waals surface area contributed by atoms with Crippen LogP contribution in [0.5, 0.6) is 0 Å². The van der Waals surface area contributed by atoms with Crippen molar-refractivity contribution in [2.45, 2.75) is 40.2 Å². The van der Waals surface area contributed by atoms with Crippen molar-refractivity contribution in [1.29, 1.82) is 0 Å². The topological polar surface area (TPSA) is 36.4 Å². The number of rotatable bonds is 6. The van der Waals surface area contributed by atoms with Gasteiger partial charge < -0.3 is 10.0 Å². The first-order valence-corrected chi connectivity index (χ1v) is 6.04. The van der Waals surface area contributed by atoms with Crippen molar-refractivity contribution in [3.63, 3.8) is 0 Å². The SMILES string of the molecule is CCCN(CCC)c1cc(C)ncc1CO. The van der Waals surface area contributed by atoms with Crippen LogP contribution in [0.4, 0.5) is 5.69 Å². The van der Waals surface area contributed by atoms with E-state index >= 15 is 0 Å². The zero-order valence-electron chi connectivity index (χ0n) is 10.5. The molecule has 0 aliphatic carbocycles. The van der Waals surface area contributed by atoms with Crippen LogP contribution in [0.25, 0.3) is 0 Å². The molecule has 0 saturated heterocycles. The number of aliphatic hydroxyl groups excluding tert-OH is 1. The smallest absolute Gasteiger partial charge is 0.0717 e. The molecule has 0 amide bonds. The van der Waals surface area contributed by atoms with Crippen molar-refractivity contribution >= 4 is 5.69 Å². The number of hydrogen-bond acceptors (Lipinski definition) is 3. The molecule has 0 aromatic carbocycles. The Bertz CT molecular complexity index is 320. The van der Waals surface area contributed by atoms with Crippen LogP contribution in [-0.2, 0) is 6.61 Å². The first kappa shape index (κ1) is 13.0. The third-order valence-electron chi connectivity index (χ3n) is 2.60. The Morgan fingerprint density at radius 1 is 1.25 bits per heavy atom. The molecule has 0 bridgehead atoms. The minimum absolute atomic E-state index is 0.0620. The summed E-state index contributed by atoms with van der Waals surface area (Å²) in [6.07, 6.45) is 4.02. The molecule has 0 atom stereocenters. The minimum Gasteiger partial charge on any atom is -0.392 e. The number of aryl methyl sites for hydroxylation is 1. The van der Waals surface area contributed by atoms with Crippen molar-refractivity contribution < 1.29 is 5.11 Å². The van der Waals surface area contributed by atoms with Crippen molar-refractivity contribution in [3.05, 3.63) is 23.5 Å². The number of aromatic nitrogens is 1. The largest absolute Gasteiger partial charge is 0.392 e. The van der Waals surface area contributed by atoms with E-state index < -0.39 is 0 Å². The molecule has 1 N–H and O–H groups in total. The molecule has 1 aromatic rings. The molecule has 0 aliphatic rings. The molecule has 90 valence electrons. The van der Waals surface area contributed by atoms with Crippen molar-refractivity contribution in [3.8, 4) is 0 Å². The molecular formula is C13H22N2O. The molecule has 16 heavy (non-hydrogen) atoms. The fourth-order valence-electron chi connectivity index (χ4n) is 1.88. The fraction of sp³-hybridized carbons (Fsp3) is 0.615. The molecule has 0 aliphatic heterocycles. The van der Waals surface area contributed by atoms with Crippen molar-refractivity contribution in [2.24, 2.45) is 0 Å². The lowest BCUT2D eigenvalue weighted by Gasteiger charge is -2.26. The molecule has 0 radical (unpaired) electrons. The zero-order chi connectivity index (χ0) is 12.0. The Morgan fingerprint density at radius 2 is 1.88 bits per heavy atom. The summed E-state index contributed by atoms with van der Waals surface area (Å²) in [4.78, 5) is 6.56. The summed E-state index contributed by atoms with van der Waals surface area (Å²) in [6.45, 7) is 8.46. The van der Waals surface area contributed by atoms with Gasteiger partial charge in [0.1, 0.15) is 0 Å². The Labute approximate surface area is 98.1 Å². The van der Waals surface area contributed by atoms with Gasteiger partial charge in [-0.25, -0.2) is 0 Å². The number of aliphatic hydroxyl groups is 1. The second-order valence-electron chi connectivity index (χ2n) is 4.10. The minimum atomic E-state index is 0.0620. The van der Waals surface area contributed by atoms with Crippen LogP contribution in [0, 0.1) is 6.92 Å². The van der Waals surface area contributed by atoms with E-state index in [9.17, 15) is 5.11 Å². The van der Waals surface area contributed by atoms with Crippen LogP contribution in [0.3, 0.4) is 0 Å². The average molecular weight is 222 g/mol. The van der Waals surface area contributed by atoms with Crippen LogP contribution < -0.4 is 4.90 Å². The van der Waals surface area contributed by atoms with Gasteiger partial charge in [0.2, 0.25) is 0 Å². The lowest BCUT2D eigenvalue weighted by molar-refractivity contribution is 0.281. The second kappa shape index (κ2) is 6.48. The maximum absolute atomic E-state index is 9.33. The number of nitrogens with zero attached hydrogens (tertiary/aromatic N) is 2. The summed E-state index contributed by atoms with van der Waals surface area (Å²) in [5.41, 5.74) is 3.07. The van der Waals surface area contributed by atoms with E-state index in [0.717, 1.165) is 42.9 Å². The van der Waals surface area contributed by atoms with Gasteiger partial charge in [0.05, 0.1) is 6.61 Å². The van der Waals surface area contributed by atoms with Gasteiger partial charge in [0.15, 0.2) is 0 Å². The molecular weight excluding hydrogens is 200 g/mol. The van der Waals surface area contributed by atoms with Crippen LogP contribution in [0.1, 0.15) is 37.9 Å². The predicted octanol–water partition coefficient (Wildman–Crippen LogP) is 2.51. The van der Waals surface area contributed by atoms with Crippen LogP contribution >= 0.6 is 0 Å². The van der Waals surface area contributed by atoms with Gasteiger partial charge >= 0.3 is 0 Å². The Balaban J connectivity index is 3.00. The van der Waals surface area contributed by atoms with Gasteiger partial charge in [0, 0.05) is 36.2 Å². The lowest BCUT2D eigenvalue weighted by Crippen LogP contribution is -2.26. The highest BCUT2D eigenvalue weighted by atomic mass is 16.3. The monoisotopic (exact) mass is 222 g/mol. The number of anilines is 1. The van der Waals surface area contributed by atoms with Gasteiger partial charge in [-0.2, -0.15) is 0 Å². The van der Waals surface area contributed by atoms with Gasteiger partial charge in [-0.05, 0) is 25.8 Å². The van der Waals surface area contributed by atoms with Crippen LogP contribution in [0.2, 0.25) is 0 Å². The summed E-state index contributed by atoms with van der Waals surface area (Å²) in [7, 11) is 0. The van der Waals surface area contributed by atoms with Gasteiger partial charge in [-0.1, -0.05) is 13.8 Å². The summed E-state index contributed by atoms with van der Waals surface area (Å²) in [5, 5.41) is 9.33. The first-order valence-electron chi connectivity index (χ1n) is 6.04. The summed E-state index contributed by atoms with van der Waals surface area (Å²) in [6, 6.07) is 2.07. The molecule has 1 heterocycles. The molecule has 0 fully saturated rings. The third-order valence-corrected chi connectivity index (χ3v) is 2.60. The highest BCUT2D eigenvalue weighted by Crippen LogP contribution is 2.21. The Hall–Kier alpha value is -1.09. The quantitative estimate of drug-likeness (QED) is 0.803. The zero-order valence-corrected chi connectivity index (χ0v) is 10.5. The molecule has 0 saturated carbocycles. The molecule has 0 spiro atoms. The van der Waals surface area contributed by atoms with Crippen LogP contribution in [-0.4, -0.2) is 23.2 Å². The predicted molar refractivity (Wildman–Crippen MR) is 67.7 cm³/mol. The van der Waals surface area contributed by atoms with E-state index in [4.69, 9.17) is 0 Å². The Kier molecular flexibility index (Phi) is 5.26. The molecule has 1 rings (SSSR count). The molecule has 1 aromatic heterocycles. The second-order valence-corrected chi connectivity index (χ2v) is 4.10. The fourth-order valence-corrected chi connectivity index (χ4v) is 1.88. The van der Waals surface area contributed by atoms with E-state index in [2.05, 4.69) is 29.8 Å². The highest BCUT2D eigenvalue weighted by Gasteiger charge is 2.10. The van der Waals surface area contributed by atoms with E-state index in [0.29, 0.717) is 0 Å².